The maximum absolute atomic E-state index is 13.2. The Bertz CT molecular complexity index is 375. The molecule has 1 rings (SSSR count). The first kappa shape index (κ1) is 15.4. The fourth-order valence-corrected chi connectivity index (χ4v) is 1.86. The first-order valence-corrected chi connectivity index (χ1v) is 6.99. The van der Waals surface area contributed by atoms with Crippen molar-refractivity contribution >= 4 is 15.9 Å². The van der Waals surface area contributed by atoms with Crippen LogP contribution in [0.3, 0.4) is 0 Å². The molecule has 0 saturated carbocycles. The van der Waals surface area contributed by atoms with Gasteiger partial charge in [0.25, 0.3) is 0 Å². The van der Waals surface area contributed by atoms with E-state index < -0.39 is 0 Å². The van der Waals surface area contributed by atoms with Crippen LogP contribution in [0.25, 0.3) is 0 Å². The van der Waals surface area contributed by atoms with E-state index in [1.807, 2.05) is 6.92 Å². The van der Waals surface area contributed by atoms with Crippen molar-refractivity contribution in [1.29, 1.82) is 0 Å². The van der Waals surface area contributed by atoms with Crippen LogP contribution in [-0.4, -0.2) is 18.2 Å². The normalized spacial score (nSPS) is 13.4. The molecule has 2 nitrogen and oxygen atoms in total. The van der Waals surface area contributed by atoms with Crippen LogP contribution in [-0.2, 0) is 0 Å². The number of halogens is 2. The fourth-order valence-electron chi connectivity index (χ4n) is 1.42. The van der Waals surface area contributed by atoms with E-state index >= 15 is 0 Å². The van der Waals surface area contributed by atoms with Crippen LogP contribution in [0.1, 0.15) is 34.1 Å². The molecule has 1 aromatic rings. The van der Waals surface area contributed by atoms with Gasteiger partial charge in [0.2, 0.25) is 0 Å². The molecule has 0 aromatic heterocycles. The predicted octanol–water partition coefficient (Wildman–Crippen LogP) is 4.13. The van der Waals surface area contributed by atoms with Gasteiger partial charge in [-0.2, -0.15) is 0 Å². The largest absolute Gasteiger partial charge is 0.489 e. The lowest BCUT2D eigenvalue weighted by Gasteiger charge is -2.27. The lowest BCUT2D eigenvalue weighted by Crippen LogP contribution is -2.43. The Kier molecular flexibility index (Phi) is 5.60. The van der Waals surface area contributed by atoms with Crippen molar-refractivity contribution in [3.63, 3.8) is 0 Å². The smallest absolute Gasteiger partial charge is 0.128 e. The summed E-state index contributed by atoms with van der Waals surface area (Å²) in [5.74, 6) is 0.249. The maximum Gasteiger partial charge on any atom is 0.128 e. The summed E-state index contributed by atoms with van der Waals surface area (Å²) in [7, 11) is 0. The SMILES string of the molecule is CCC(C)(C)NCC(C)Oc1cc(F)cc(Br)c1. The molecule has 0 aliphatic carbocycles. The summed E-state index contributed by atoms with van der Waals surface area (Å²) in [4.78, 5) is 0. The summed E-state index contributed by atoms with van der Waals surface area (Å²) in [6.07, 6.45) is 1.04. The number of ether oxygens (including phenoxy) is 1. The lowest BCUT2D eigenvalue weighted by molar-refractivity contribution is 0.198. The molecule has 102 valence electrons. The van der Waals surface area contributed by atoms with E-state index in [2.05, 4.69) is 42.0 Å². The quantitative estimate of drug-likeness (QED) is 0.851. The molecule has 4 heteroatoms. The first-order valence-electron chi connectivity index (χ1n) is 6.20. The highest BCUT2D eigenvalue weighted by Crippen LogP contribution is 2.21. The molecule has 1 aromatic carbocycles. The van der Waals surface area contributed by atoms with Crippen molar-refractivity contribution in [3.05, 3.63) is 28.5 Å². The topological polar surface area (TPSA) is 21.3 Å². The third-order valence-corrected chi connectivity index (χ3v) is 3.38. The Morgan fingerprint density at radius 2 is 2.06 bits per heavy atom. The van der Waals surface area contributed by atoms with Crippen LogP contribution in [0.15, 0.2) is 22.7 Å². The van der Waals surface area contributed by atoms with Crippen molar-refractivity contribution in [1.82, 2.24) is 5.32 Å². The molecule has 1 N–H and O–H groups in total. The second-order valence-corrected chi connectivity index (χ2v) is 6.07. The Morgan fingerprint density at radius 1 is 1.39 bits per heavy atom. The number of hydrogen-bond acceptors (Lipinski definition) is 2. The molecule has 18 heavy (non-hydrogen) atoms. The van der Waals surface area contributed by atoms with Crippen LogP contribution in [0.4, 0.5) is 4.39 Å². The van der Waals surface area contributed by atoms with Crippen LogP contribution in [0.2, 0.25) is 0 Å². The lowest BCUT2D eigenvalue weighted by atomic mass is 10.0. The van der Waals surface area contributed by atoms with Crippen LogP contribution in [0, 0.1) is 5.82 Å². The molecule has 0 amide bonds. The molecule has 0 radical (unpaired) electrons. The van der Waals surface area contributed by atoms with Crippen LogP contribution >= 0.6 is 15.9 Å². The molecule has 1 unspecified atom stereocenters. The highest BCUT2D eigenvalue weighted by molar-refractivity contribution is 9.10. The molecule has 0 bridgehead atoms. The Balaban J connectivity index is 2.51. The molecule has 0 fully saturated rings. The summed E-state index contributed by atoms with van der Waals surface area (Å²) in [5.41, 5.74) is 0.0974. The first-order chi connectivity index (χ1) is 8.32. The summed E-state index contributed by atoms with van der Waals surface area (Å²) in [6, 6.07) is 4.58. The van der Waals surface area contributed by atoms with Crippen molar-refractivity contribution < 1.29 is 9.13 Å². The van der Waals surface area contributed by atoms with E-state index in [0.717, 1.165) is 13.0 Å². The van der Waals surface area contributed by atoms with Gasteiger partial charge in [-0.25, -0.2) is 4.39 Å². The summed E-state index contributed by atoms with van der Waals surface area (Å²) in [6.45, 7) is 9.14. The predicted molar refractivity (Wildman–Crippen MR) is 76.6 cm³/mol. The van der Waals surface area contributed by atoms with Gasteiger partial charge in [-0.1, -0.05) is 22.9 Å². The van der Waals surface area contributed by atoms with E-state index in [1.54, 1.807) is 6.07 Å². The zero-order chi connectivity index (χ0) is 13.8. The van der Waals surface area contributed by atoms with E-state index in [1.165, 1.54) is 12.1 Å². The molecule has 0 heterocycles. The zero-order valence-corrected chi connectivity index (χ0v) is 13.0. The van der Waals surface area contributed by atoms with E-state index in [9.17, 15) is 4.39 Å². The van der Waals surface area contributed by atoms with Gasteiger partial charge < -0.3 is 10.1 Å². The van der Waals surface area contributed by atoms with Crippen LogP contribution in [0.5, 0.6) is 5.75 Å². The number of hydrogen-bond donors (Lipinski definition) is 1. The van der Waals surface area contributed by atoms with Gasteiger partial charge in [-0.05, 0) is 39.3 Å². The molecular formula is C14H21BrFNO. The summed E-state index contributed by atoms with van der Waals surface area (Å²) < 4.78 is 19.6. The fraction of sp³-hybridized carbons (Fsp3) is 0.571. The Morgan fingerprint density at radius 3 is 2.61 bits per heavy atom. The van der Waals surface area contributed by atoms with Gasteiger partial charge >= 0.3 is 0 Å². The highest BCUT2D eigenvalue weighted by atomic mass is 79.9. The summed E-state index contributed by atoms with van der Waals surface area (Å²) in [5, 5.41) is 3.43. The van der Waals surface area contributed by atoms with E-state index in [0.29, 0.717) is 10.2 Å². The molecular weight excluding hydrogens is 297 g/mol. The van der Waals surface area contributed by atoms with Gasteiger partial charge in [-0.3, -0.25) is 0 Å². The minimum absolute atomic E-state index is 0.00970. The van der Waals surface area contributed by atoms with Crippen molar-refractivity contribution in [2.45, 2.75) is 45.8 Å². The Labute approximate surface area is 117 Å². The maximum atomic E-state index is 13.2. The number of rotatable bonds is 6. The zero-order valence-electron chi connectivity index (χ0n) is 11.4. The number of benzene rings is 1. The number of nitrogens with one attached hydrogen (secondary N) is 1. The van der Waals surface area contributed by atoms with E-state index in [-0.39, 0.29) is 17.5 Å². The molecule has 0 aliphatic rings. The highest BCUT2D eigenvalue weighted by Gasteiger charge is 2.15. The van der Waals surface area contributed by atoms with Gasteiger partial charge in [-0.15, -0.1) is 0 Å². The van der Waals surface area contributed by atoms with Gasteiger partial charge in [0.15, 0.2) is 0 Å². The monoisotopic (exact) mass is 317 g/mol. The minimum atomic E-state index is -0.298. The second kappa shape index (κ2) is 6.53. The summed E-state index contributed by atoms with van der Waals surface area (Å²) >= 11 is 3.25. The van der Waals surface area contributed by atoms with Crippen LogP contribution < -0.4 is 10.1 Å². The molecule has 0 aliphatic heterocycles. The molecule has 0 saturated heterocycles. The molecule has 1 atom stereocenters. The van der Waals surface area contributed by atoms with E-state index in [4.69, 9.17) is 4.74 Å². The minimum Gasteiger partial charge on any atom is -0.489 e. The third kappa shape index (κ3) is 5.36. The van der Waals surface area contributed by atoms with Crippen molar-refractivity contribution in [2.75, 3.05) is 6.54 Å². The van der Waals surface area contributed by atoms with Crippen molar-refractivity contribution in [2.24, 2.45) is 0 Å². The van der Waals surface area contributed by atoms with Gasteiger partial charge in [0, 0.05) is 22.6 Å². The average Bonchev–Trinajstić information content (AvgIpc) is 2.25. The standard InChI is InChI=1S/C14H21BrFNO/c1-5-14(3,4)17-9-10(2)18-13-7-11(15)6-12(16)8-13/h6-8,10,17H,5,9H2,1-4H3. The Hall–Kier alpha value is -0.610. The van der Waals surface area contributed by atoms with Gasteiger partial charge in [0.05, 0.1) is 0 Å². The second-order valence-electron chi connectivity index (χ2n) is 5.15. The average molecular weight is 318 g/mol. The van der Waals surface area contributed by atoms with Gasteiger partial charge in [0.1, 0.15) is 17.7 Å². The third-order valence-electron chi connectivity index (χ3n) is 2.93. The molecule has 0 spiro atoms. The van der Waals surface area contributed by atoms with Crippen molar-refractivity contribution in [3.8, 4) is 5.75 Å².